The Labute approximate surface area is 91.4 Å². The molecule has 1 fully saturated rings. The lowest BCUT2D eigenvalue weighted by molar-refractivity contribution is -0.142. The maximum absolute atomic E-state index is 11.2. The van der Waals surface area contributed by atoms with Gasteiger partial charge in [0.05, 0.1) is 7.11 Å². The minimum Gasteiger partial charge on any atom is -0.468 e. The second-order valence-corrected chi connectivity index (χ2v) is 4.11. The number of nitrogens with zero attached hydrogens (tertiary/aromatic N) is 1. The minimum absolute atomic E-state index is 0.000231. The van der Waals surface area contributed by atoms with Crippen molar-refractivity contribution in [3.63, 3.8) is 0 Å². The monoisotopic (exact) mass is 228 g/mol. The van der Waals surface area contributed by atoms with Gasteiger partial charge in [-0.1, -0.05) is 11.3 Å². The van der Waals surface area contributed by atoms with Crippen molar-refractivity contribution in [1.29, 1.82) is 0 Å². The fraction of sp³-hybridized carbons (Fsp3) is 0.556. The molecular formula is C9H12N2O3S. The SMILES string of the molecule is COC(=O)C1CC(Oc2nccs2)CN1. The van der Waals surface area contributed by atoms with Gasteiger partial charge in [-0.3, -0.25) is 4.79 Å². The summed E-state index contributed by atoms with van der Waals surface area (Å²) in [5.41, 5.74) is 0. The van der Waals surface area contributed by atoms with E-state index >= 15 is 0 Å². The molecule has 0 spiro atoms. The average Bonchev–Trinajstić information content (AvgIpc) is 2.88. The molecule has 1 aliphatic heterocycles. The van der Waals surface area contributed by atoms with Gasteiger partial charge in [0.15, 0.2) is 0 Å². The van der Waals surface area contributed by atoms with Gasteiger partial charge in [0, 0.05) is 24.5 Å². The topological polar surface area (TPSA) is 60.5 Å². The van der Waals surface area contributed by atoms with Crippen LogP contribution in [0.1, 0.15) is 6.42 Å². The number of methoxy groups -OCH3 is 1. The van der Waals surface area contributed by atoms with Crippen LogP contribution in [0.5, 0.6) is 5.19 Å². The van der Waals surface area contributed by atoms with Gasteiger partial charge in [0.25, 0.3) is 5.19 Å². The average molecular weight is 228 g/mol. The number of esters is 1. The van der Waals surface area contributed by atoms with E-state index in [9.17, 15) is 4.79 Å². The summed E-state index contributed by atoms with van der Waals surface area (Å²) in [6, 6.07) is -0.250. The summed E-state index contributed by atoms with van der Waals surface area (Å²) in [6.45, 7) is 0.652. The van der Waals surface area contributed by atoms with E-state index in [1.807, 2.05) is 5.38 Å². The Morgan fingerprint density at radius 1 is 1.73 bits per heavy atom. The number of hydrogen-bond acceptors (Lipinski definition) is 6. The van der Waals surface area contributed by atoms with Gasteiger partial charge >= 0.3 is 5.97 Å². The number of nitrogens with one attached hydrogen (secondary N) is 1. The first-order valence-corrected chi connectivity index (χ1v) is 5.55. The number of hydrogen-bond donors (Lipinski definition) is 1. The van der Waals surface area contributed by atoms with E-state index in [0.717, 1.165) is 0 Å². The van der Waals surface area contributed by atoms with Crippen molar-refractivity contribution in [2.45, 2.75) is 18.6 Å². The lowest BCUT2D eigenvalue weighted by Crippen LogP contribution is -2.31. The molecule has 1 N–H and O–H groups in total. The molecule has 2 rings (SSSR count). The highest BCUT2D eigenvalue weighted by Gasteiger charge is 2.31. The highest BCUT2D eigenvalue weighted by atomic mass is 32.1. The summed E-state index contributed by atoms with van der Waals surface area (Å²) < 4.78 is 10.2. The zero-order chi connectivity index (χ0) is 10.7. The third kappa shape index (κ3) is 2.45. The molecule has 0 aromatic carbocycles. The molecule has 0 bridgehead atoms. The normalized spacial score (nSPS) is 25.1. The van der Waals surface area contributed by atoms with E-state index in [1.165, 1.54) is 18.4 Å². The molecule has 15 heavy (non-hydrogen) atoms. The third-order valence-electron chi connectivity index (χ3n) is 2.25. The zero-order valence-corrected chi connectivity index (χ0v) is 9.12. The molecule has 0 saturated carbocycles. The Kier molecular flexibility index (Phi) is 3.17. The fourth-order valence-corrected chi connectivity index (χ4v) is 2.08. The summed E-state index contributed by atoms with van der Waals surface area (Å²) in [4.78, 5) is 15.2. The molecule has 0 amide bonds. The van der Waals surface area contributed by atoms with E-state index in [1.54, 1.807) is 6.20 Å². The van der Waals surface area contributed by atoms with Crippen LogP contribution in [-0.2, 0) is 9.53 Å². The second-order valence-electron chi connectivity index (χ2n) is 3.26. The van der Waals surface area contributed by atoms with Crippen LogP contribution in [0.15, 0.2) is 11.6 Å². The molecule has 2 heterocycles. The summed E-state index contributed by atoms with van der Waals surface area (Å²) >= 11 is 1.45. The molecule has 6 heteroatoms. The number of rotatable bonds is 3. The van der Waals surface area contributed by atoms with Crippen LogP contribution in [0, 0.1) is 0 Å². The summed E-state index contributed by atoms with van der Waals surface area (Å²) in [5.74, 6) is -0.236. The molecule has 1 aromatic rings. The van der Waals surface area contributed by atoms with Crippen LogP contribution in [0.2, 0.25) is 0 Å². The number of aromatic nitrogens is 1. The van der Waals surface area contributed by atoms with Crippen molar-refractivity contribution < 1.29 is 14.3 Å². The zero-order valence-electron chi connectivity index (χ0n) is 8.30. The molecule has 82 valence electrons. The Morgan fingerprint density at radius 2 is 2.60 bits per heavy atom. The predicted molar refractivity (Wildman–Crippen MR) is 55.0 cm³/mol. The van der Waals surface area contributed by atoms with Gasteiger partial charge in [0.1, 0.15) is 12.1 Å². The molecule has 1 saturated heterocycles. The molecule has 0 aliphatic carbocycles. The van der Waals surface area contributed by atoms with E-state index in [2.05, 4.69) is 15.0 Å². The first-order chi connectivity index (χ1) is 7.29. The standard InChI is InChI=1S/C9H12N2O3S/c1-13-8(12)7-4-6(5-11-7)14-9-10-2-3-15-9/h2-3,6-7,11H,4-5H2,1H3. The first-order valence-electron chi connectivity index (χ1n) is 4.67. The number of thiazole rings is 1. The summed E-state index contributed by atoms with van der Waals surface area (Å²) in [6.07, 6.45) is 2.33. The Hall–Kier alpha value is -1.14. The van der Waals surface area contributed by atoms with Gasteiger partial charge in [-0.25, -0.2) is 4.98 Å². The first kappa shape index (κ1) is 10.4. The smallest absolute Gasteiger partial charge is 0.323 e. The fourth-order valence-electron chi connectivity index (χ4n) is 1.53. The van der Waals surface area contributed by atoms with Crippen molar-refractivity contribution in [3.05, 3.63) is 11.6 Å². The molecule has 1 aliphatic rings. The highest BCUT2D eigenvalue weighted by molar-refractivity contribution is 7.11. The number of carbonyl (C=O) groups is 1. The van der Waals surface area contributed by atoms with Gasteiger partial charge in [-0.2, -0.15) is 0 Å². The van der Waals surface area contributed by atoms with Crippen LogP contribution >= 0.6 is 11.3 Å². The Morgan fingerprint density at radius 3 is 3.27 bits per heavy atom. The summed E-state index contributed by atoms with van der Waals surface area (Å²) in [5, 5.41) is 5.55. The van der Waals surface area contributed by atoms with E-state index in [0.29, 0.717) is 18.2 Å². The van der Waals surface area contributed by atoms with Crippen molar-refractivity contribution >= 4 is 17.3 Å². The van der Waals surface area contributed by atoms with Gasteiger partial charge in [-0.05, 0) is 0 Å². The van der Waals surface area contributed by atoms with Crippen LogP contribution < -0.4 is 10.1 Å². The van der Waals surface area contributed by atoms with E-state index in [-0.39, 0.29) is 18.1 Å². The minimum atomic E-state index is -0.250. The number of ether oxygens (including phenoxy) is 2. The largest absolute Gasteiger partial charge is 0.468 e. The molecule has 5 nitrogen and oxygen atoms in total. The quantitative estimate of drug-likeness (QED) is 0.760. The van der Waals surface area contributed by atoms with Gasteiger partial charge in [0.2, 0.25) is 0 Å². The Bertz CT molecular complexity index is 328. The van der Waals surface area contributed by atoms with E-state index < -0.39 is 0 Å². The van der Waals surface area contributed by atoms with Crippen molar-refractivity contribution in [2.75, 3.05) is 13.7 Å². The summed E-state index contributed by atoms with van der Waals surface area (Å²) in [7, 11) is 1.39. The highest BCUT2D eigenvalue weighted by Crippen LogP contribution is 2.19. The maximum atomic E-state index is 11.2. The maximum Gasteiger partial charge on any atom is 0.323 e. The molecule has 2 unspecified atom stereocenters. The molecule has 0 radical (unpaired) electrons. The lowest BCUT2D eigenvalue weighted by atomic mass is 10.2. The van der Waals surface area contributed by atoms with Crippen LogP contribution in [-0.4, -0.2) is 36.8 Å². The predicted octanol–water partition coefficient (Wildman–Crippen LogP) is 0.425. The van der Waals surface area contributed by atoms with Gasteiger partial charge < -0.3 is 14.8 Å². The van der Waals surface area contributed by atoms with Crippen molar-refractivity contribution in [3.8, 4) is 5.19 Å². The van der Waals surface area contributed by atoms with Crippen molar-refractivity contribution in [2.24, 2.45) is 0 Å². The third-order valence-corrected chi connectivity index (χ3v) is 2.91. The van der Waals surface area contributed by atoms with Gasteiger partial charge in [-0.15, -0.1) is 0 Å². The van der Waals surface area contributed by atoms with Crippen LogP contribution in [0.3, 0.4) is 0 Å². The van der Waals surface area contributed by atoms with E-state index in [4.69, 9.17) is 4.74 Å². The number of carbonyl (C=O) groups excluding carboxylic acids is 1. The lowest BCUT2D eigenvalue weighted by Gasteiger charge is -2.09. The second kappa shape index (κ2) is 4.59. The van der Waals surface area contributed by atoms with Crippen LogP contribution in [0.4, 0.5) is 0 Å². The van der Waals surface area contributed by atoms with Crippen molar-refractivity contribution in [1.82, 2.24) is 10.3 Å². The van der Waals surface area contributed by atoms with Crippen LogP contribution in [0.25, 0.3) is 0 Å². The molecule has 2 atom stereocenters. The molecular weight excluding hydrogens is 216 g/mol. The molecule has 1 aromatic heterocycles. The Balaban J connectivity index is 1.85.